The molecule has 0 saturated carbocycles. The van der Waals surface area contributed by atoms with E-state index in [1.54, 1.807) is 0 Å². The van der Waals surface area contributed by atoms with E-state index >= 15 is 0 Å². The maximum atomic E-state index is 12.7. The molecule has 0 fully saturated rings. The molecule has 9 nitrogen and oxygen atoms in total. The number of ether oxygens (including phenoxy) is 1. The summed E-state index contributed by atoms with van der Waals surface area (Å²) in [7, 11) is -3.19. The minimum atomic E-state index is -5.53. The summed E-state index contributed by atoms with van der Waals surface area (Å²) in [5.74, 6) is -0.272. The predicted molar refractivity (Wildman–Crippen MR) is 112 cm³/mol. The number of sulfone groups is 1. The lowest BCUT2D eigenvalue weighted by Gasteiger charge is -2.14. The maximum Gasteiger partial charge on any atom is 0.501 e. The van der Waals surface area contributed by atoms with Crippen LogP contribution in [0.15, 0.2) is 55.7 Å². The van der Waals surface area contributed by atoms with E-state index in [1.165, 1.54) is 14.1 Å². The summed E-state index contributed by atoms with van der Waals surface area (Å²) in [5.41, 5.74) is -8.29. The molecule has 0 unspecified atom stereocenters. The molecule has 0 saturated heterocycles. The number of hydrogen-bond donors (Lipinski definition) is 0. The summed E-state index contributed by atoms with van der Waals surface area (Å²) in [5, 5.41) is -0.375. The fraction of sp³-hybridized carbons (Fsp3) is 0.167. The SMILES string of the molecule is Cn1c(=O)n(C)c(=O)n(-c2cc(Cl)c(Oc3ccc(S(=O)(=O)C(F)(F)F)cc3)c(Cl)c2)c1=O. The molecule has 176 valence electrons. The van der Waals surface area contributed by atoms with Crippen LogP contribution in [0.25, 0.3) is 5.69 Å². The molecule has 0 aliphatic heterocycles. The van der Waals surface area contributed by atoms with Crippen LogP contribution >= 0.6 is 23.2 Å². The molecule has 0 bridgehead atoms. The fourth-order valence-electron chi connectivity index (χ4n) is 2.70. The summed E-state index contributed by atoms with van der Waals surface area (Å²) in [6.45, 7) is 0. The zero-order valence-electron chi connectivity index (χ0n) is 16.6. The van der Waals surface area contributed by atoms with Gasteiger partial charge < -0.3 is 4.74 Å². The van der Waals surface area contributed by atoms with Crippen molar-refractivity contribution < 1.29 is 26.3 Å². The number of hydrogen-bond acceptors (Lipinski definition) is 6. The number of nitrogens with zero attached hydrogens (tertiary/aromatic N) is 3. The van der Waals surface area contributed by atoms with Crippen LogP contribution < -0.4 is 21.8 Å². The van der Waals surface area contributed by atoms with Crippen molar-refractivity contribution in [3.05, 3.63) is 77.9 Å². The van der Waals surface area contributed by atoms with Gasteiger partial charge in [0.1, 0.15) is 5.75 Å². The van der Waals surface area contributed by atoms with Gasteiger partial charge in [0, 0.05) is 14.1 Å². The van der Waals surface area contributed by atoms with Crippen molar-refractivity contribution in [2.24, 2.45) is 14.1 Å². The Morgan fingerprint density at radius 3 is 1.73 bits per heavy atom. The Morgan fingerprint density at radius 1 is 0.848 bits per heavy atom. The Morgan fingerprint density at radius 2 is 1.30 bits per heavy atom. The van der Waals surface area contributed by atoms with Crippen LogP contribution in [-0.2, 0) is 23.9 Å². The van der Waals surface area contributed by atoms with Crippen LogP contribution in [-0.4, -0.2) is 27.6 Å². The van der Waals surface area contributed by atoms with Crippen molar-refractivity contribution >= 4 is 33.0 Å². The van der Waals surface area contributed by atoms with Crippen LogP contribution in [0.1, 0.15) is 0 Å². The molecule has 0 N–H and O–H groups in total. The molecule has 0 amide bonds. The van der Waals surface area contributed by atoms with Crippen molar-refractivity contribution in [1.82, 2.24) is 13.7 Å². The van der Waals surface area contributed by atoms with Crippen molar-refractivity contribution in [3.63, 3.8) is 0 Å². The van der Waals surface area contributed by atoms with Gasteiger partial charge in [-0.15, -0.1) is 0 Å². The summed E-state index contributed by atoms with van der Waals surface area (Å²) in [6, 6.07) is 5.63. The first-order chi connectivity index (χ1) is 15.2. The number of alkyl halides is 3. The second-order valence-electron chi connectivity index (χ2n) is 6.56. The van der Waals surface area contributed by atoms with E-state index in [9.17, 15) is 36.0 Å². The zero-order chi connectivity index (χ0) is 24.9. The molecule has 0 aliphatic rings. The topological polar surface area (TPSA) is 109 Å². The Bertz CT molecular complexity index is 1480. The predicted octanol–water partition coefficient (Wildman–Crippen LogP) is 2.63. The first kappa shape index (κ1) is 24.6. The molecule has 3 aromatic rings. The van der Waals surface area contributed by atoms with Crippen molar-refractivity contribution in [2.45, 2.75) is 10.4 Å². The average Bonchev–Trinajstić information content (AvgIpc) is 2.73. The van der Waals surface area contributed by atoms with Gasteiger partial charge in [0.2, 0.25) is 0 Å². The fourth-order valence-corrected chi connectivity index (χ4v) is 4.02. The van der Waals surface area contributed by atoms with E-state index in [1.807, 2.05) is 0 Å². The van der Waals surface area contributed by atoms with Crippen molar-refractivity contribution in [3.8, 4) is 17.2 Å². The molecular weight excluding hydrogens is 514 g/mol. The summed E-state index contributed by atoms with van der Waals surface area (Å²) < 4.78 is 68.4. The highest BCUT2D eigenvalue weighted by Gasteiger charge is 2.46. The molecule has 0 spiro atoms. The van der Waals surface area contributed by atoms with Gasteiger partial charge >= 0.3 is 22.6 Å². The number of rotatable bonds is 4. The van der Waals surface area contributed by atoms with Crippen molar-refractivity contribution in [2.75, 3.05) is 0 Å². The summed E-state index contributed by atoms with van der Waals surface area (Å²) >= 11 is 12.3. The second-order valence-corrected chi connectivity index (χ2v) is 9.32. The Hall–Kier alpha value is -3.03. The van der Waals surface area contributed by atoms with Crippen LogP contribution in [0, 0.1) is 0 Å². The van der Waals surface area contributed by atoms with Gasteiger partial charge in [-0.1, -0.05) is 23.2 Å². The smallest absolute Gasteiger partial charge is 0.454 e. The van der Waals surface area contributed by atoms with E-state index in [0.717, 1.165) is 24.3 Å². The highest BCUT2D eigenvalue weighted by Crippen LogP contribution is 2.38. The minimum Gasteiger partial charge on any atom is -0.454 e. The molecule has 1 aromatic heterocycles. The van der Waals surface area contributed by atoms with Gasteiger partial charge in [0.05, 0.1) is 20.6 Å². The Balaban J connectivity index is 2.02. The van der Waals surface area contributed by atoms with Crippen LogP contribution in [0.5, 0.6) is 11.5 Å². The molecule has 0 atom stereocenters. The van der Waals surface area contributed by atoms with Gasteiger partial charge in [0.25, 0.3) is 9.84 Å². The molecule has 1 heterocycles. The lowest BCUT2D eigenvalue weighted by Crippen LogP contribution is -2.52. The third-order valence-electron chi connectivity index (χ3n) is 4.43. The monoisotopic (exact) mass is 525 g/mol. The largest absolute Gasteiger partial charge is 0.501 e. The highest BCUT2D eigenvalue weighted by atomic mass is 35.5. The maximum absolute atomic E-state index is 12.7. The van der Waals surface area contributed by atoms with Gasteiger partial charge in [-0.25, -0.2) is 36.5 Å². The molecule has 2 aromatic carbocycles. The molecule has 0 aliphatic carbocycles. The number of halogens is 5. The Kier molecular flexibility index (Phi) is 6.26. The quantitative estimate of drug-likeness (QED) is 0.517. The van der Waals surface area contributed by atoms with Crippen LogP contribution in [0.2, 0.25) is 10.0 Å². The van der Waals surface area contributed by atoms with Crippen LogP contribution in [0.4, 0.5) is 13.2 Å². The van der Waals surface area contributed by atoms with E-state index in [4.69, 9.17) is 27.9 Å². The molecule has 3 rings (SSSR count). The first-order valence-corrected chi connectivity index (χ1v) is 10.9. The van der Waals surface area contributed by atoms with Crippen molar-refractivity contribution in [1.29, 1.82) is 0 Å². The molecular formula is C18H12Cl2F3N3O6S. The van der Waals surface area contributed by atoms with E-state index < -0.39 is 37.3 Å². The van der Waals surface area contributed by atoms with Gasteiger partial charge in [0.15, 0.2) is 5.75 Å². The lowest BCUT2D eigenvalue weighted by molar-refractivity contribution is -0.0436. The first-order valence-electron chi connectivity index (χ1n) is 8.64. The van der Waals surface area contributed by atoms with Gasteiger partial charge in [-0.2, -0.15) is 13.2 Å². The minimum absolute atomic E-state index is 0.0785. The van der Waals surface area contributed by atoms with E-state index in [0.29, 0.717) is 25.8 Å². The number of aromatic nitrogens is 3. The average molecular weight is 526 g/mol. The third kappa shape index (κ3) is 4.30. The molecule has 33 heavy (non-hydrogen) atoms. The summed E-state index contributed by atoms with van der Waals surface area (Å²) in [6.07, 6.45) is 0. The van der Waals surface area contributed by atoms with E-state index in [2.05, 4.69) is 0 Å². The highest BCUT2D eigenvalue weighted by molar-refractivity contribution is 7.92. The number of benzene rings is 2. The molecule has 0 radical (unpaired) electrons. The standard InChI is InChI=1S/C18H12Cl2F3N3O6S/c1-24-15(27)25(2)17(29)26(16(24)28)9-7-12(19)14(13(20)8-9)32-10-3-5-11(6-4-10)33(30,31)18(21,22)23/h3-8H,1-2H3. The van der Waals surface area contributed by atoms with E-state index in [-0.39, 0.29) is 27.2 Å². The zero-order valence-corrected chi connectivity index (χ0v) is 18.9. The lowest BCUT2D eigenvalue weighted by atomic mass is 10.3. The third-order valence-corrected chi connectivity index (χ3v) is 6.49. The van der Waals surface area contributed by atoms with Crippen LogP contribution in [0.3, 0.4) is 0 Å². The summed E-state index contributed by atoms with van der Waals surface area (Å²) in [4.78, 5) is 35.7. The van der Waals surface area contributed by atoms with Gasteiger partial charge in [-0.3, -0.25) is 0 Å². The molecule has 15 heteroatoms. The normalized spacial score (nSPS) is 12.1. The Labute approximate surface area is 192 Å². The van der Waals surface area contributed by atoms with Gasteiger partial charge in [-0.05, 0) is 36.4 Å². The second kappa shape index (κ2) is 8.39.